The van der Waals surface area contributed by atoms with E-state index < -0.39 is 7.92 Å². The summed E-state index contributed by atoms with van der Waals surface area (Å²) in [5, 5.41) is 8.27. The standard InChI is InChI=1S/C34H25O2P/c35-34(36-24-33-31-17-9-7-11-26(31)23-27-12-8-10-18-32(27)33)25-19-21-30(22-20-25)37(28-13-3-1-4-14-28)29-15-5-2-6-16-29/h1-23H,24H2. The largest absolute Gasteiger partial charge is 0.457 e. The van der Waals surface area contributed by atoms with Crippen molar-refractivity contribution in [2.45, 2.75) is 6.61 Å². The number of carbonyl (C=O) groups excluding carboxylic acids is 1. The van der Waals surface area contributed by atoms with Gasteiger partial charge < -0.3 is 4.74 Å². The average molecular weight is 497 g/mol. The van der Waals surface area contributed by atoms with E-state index in [0.717, 1.165) is 27.1 Å². The predicted molar refractivity (Wildman–Crippen MR) is 156 cm³/mol. The van der Waals surface area contributed by atoms with Crippen LogP contribution >= 0.6 is 7.92 Å². The Bertz CT molecular complexity index is 1580. The van der Waals surface area contributed by atoms with Gasteiger partial charge >= 0.3 is 5.97 Å². The van der Waals surface area contributed by atoms with Gasteiger partial charge in [0.25, 0.3) is 0 Å². The van der Waals surface area contributed by atoms with Crippen LogP contribution in [-0.4, -0.2) is 5.97 Å². The van der Waals surface area contributed by atoms with Crippen molar-refractivity contribution in [2.24, 2.45) is 0 Å². The van der Waals surface area contributed by atoms with Crippen LogP contribution in [0.1, 0.15) is 15.9 Å². The fourth-order valence-electron chi connectivity index (χ4n) is 4.83. The lowest BCUT2D eigenvalue weighted by atomic mass is 9.97. The molecule has 0 amide bonds. The maximum atomic E-state index is 13.1. The highest BCUT2D eigenvalue weighted by atomic mass is 31.1. The molecule has 6 aromatic rings. The van der Waals surface area contributed by atoms with Gasteiger partial charge in [0, 0.05) is 5.56 Å². The number of esters is 1. The molecule has 0 atom stereocenters. The third kappa shape index (κ3) is 4.77. The Morgan fingerprint density at radius 3 is 1.54 bits per heavy atom. The quantitative estimate of drug-likeness (QED) is 0.140. The third-order valence-electron chi connectivity index (χ3n) is 6.62. The fraction of sp³-hybridized carbons (Fsp3) is 0.0294. The van der Waals surface area contributed by atoms with Crippen molar-refractivity contribution in [2.75, 3.05) is 0 Å². The molecule has 0 N–H and O–H groups in total. The van der Waals surface area contributed by atoms with Gasteiger partial charge in [-0.2, -0.15) is 0 Å². The minimum Gasteiger partial charge on any atom is -0.457 e. The number of ether oxygens (including phenoxy) is 1. The lowest BCUT2D eigenvalue weighted by Crippen LogP contribution is -2.20. The summed E-state index contributed by atoms with van der Waals surface area (Å²) in [6.45, 7) is 0.225. The molecule has 3 heteroatoms. The molecule has 0 bridgehead atoms. The van der Waals surface area contributed by atoms with Crippen molar-refractivity contribution in [3.63, 3.8) is 0 Å². The summed E-state index contributed by atoms with van der Waals surface area (Å²) in [7, 11) is -0.714. The van der Waals surface area contributed by atoms with E-state index in [0.29, 0.717) is 5.56 Å². The summed E-state index contributed by atoms with van der Waals surface area (Å²) in [6.07, 6.45) is 0. The normalized spacial score (nSPS) is 11.2. The van der Waals surface area contributed by atoms with Gasteiger partial charge in [0.15, 0.2) is 0 Å². The average Bonchev–Trinajstić information content (AvgIpc) is 2.97. The van der Waals surface area contributed by atoms with Crippen LogP contribution in [0.3, 0.4) is 0 Å². The summed E-state index contributed by atoms with van der Waals surface area (Å²) < 4.78 is 5.87. The van der Waals surface area contributed by atoms with Gasteiger partial charge in [-0.05, 0) is 63.6 Å². The van der Waals surface area contributed by atoms with Crippen molar-refractivity contribution in [1.29, 1.82) is 0 Å². The van der Waals surface area contributed by atoms with Crippen LogP contribution in [0.15, 0.2) is 140 Å². The Balaban J connectivity index is 1.27. The second-order valence-electron chi connectivity index (χ2n) is 8.93. The molecule has 6 aromatic carbocycles. The van der Waals surface area contributed by atoms with Crippen LogP contribution < -0.4 is 15.9 Å². The third-order valence-corrected chi connectivity index (χ3v) is 9.06. The van der Waals surface area contributed by atoms with Gasteiger partial charge in [0.05, 0.1) is 5.56 Å². The Morgan fingerprint density at radius 2 is 1.00 bits per heavy atom. The smallest absolute Gasteiger partial charge is 0.338 e. The zero-order valence-electron chi connectivity index (χ0n) is 20.2. The van der Waals surface area contributed by atoms with Gasteiger partial charge in [-0.15, -0.1) is 0 Å². The molecule has 0 aromatic heterocycles. The summed E-state index contributed by atoms with van der Waals surface area (Å²) in [6, 6.07) is 47.7. The van der Waals surface area contributed by atoms with Crippen molar-refractivity contribution < 1.29 is 9.53 Å². The highest BCUT2D eigenvalue weighted by Gasteiger charge is 2.17. The first kappa shape index (κ1) is 23.2. The Hall–Kier alpha value is -4.26. The van der Waals surface area contributed by atoms with Crippen LogP contribution in [0, 0.1) is 0 Å². The van der Waals surface area contributed by atoms with E-state index in [-0.39, 0.29) is 12.6 Å². The molecule has 0 aliphatic heterocycles. The molecule has 0 spiro atoms. The predicted octanol–water partition coefficient (Wildman–Crippen LogP) is 7.11. The van der Waals surface area contributed by atoms with Crippen LogP contribution in [-0.2, 0) is 11.3 Å². The number of carbonyl (C=O) groups is 1. The minimum atomic E-state index is -0.714. The number of benzene rings is 6. The second kappa shape index (κ2) is 10.4. The van der Waals surface area contributed by atoms with Gasteiger partial charge in [-0.25, -0.2) is 4.79 Å². The summed E-state index contributed by atoms with van der Waals surface area (Å²) in [4.78, 5) is 13.1. The van der Waals surface area contributed by atoms with E-state index in [1.807, 2.05) is 48.5 Å². The number of fused-ring (bicyclic) bond motifs is 2. The van der Waals surface area contributed by atoms with E-state index in [1.165, 1.54) is 15.9 Å². The molecule has 0 aliphatic rings. The molecule has 0 saturated heterocycles. The topological polar surface area (TPSA) is 26.3 Å². The second-order valence-corrected chi connectivity index (χ2v) is 11.1. The molecule has 0 fully saturated rings. The zero-order valence-corrected chi connectivity index (χ0v) is 21.1. The first-order chi connectivity index (χ1) is 18.3. The maximum Gasteiger partial charge on any atom is 0.338 e. The summed E-state index contributed by atoms with van der Waals surface area (Å²) in [5.74, 6) is -0.313. The van der Waals surface area contributed by atoms with Crippen LogP contribution in [0.4, 0.5) is 0 Å². The highest BCUT2D eigenvalue weighted by Crippen LogP contribution is 2.33. The van der Waals surface area contributed by atoms with E-state index >= 15 is 0 Å². The van der Waals surface area contributed by atoms with E-state index in [1.54, 1.807) is 0 Å². The summed E-state index contributed by atoms with van der Waals surface area (Å²) >= 11 is 0. The monoisotopic (exact) mass is 496 g/mol. The number of hydrogen-bond acceptors (Lipinski definition) is 2. The fourth-order valence-corrected chi connectivity index (χ4v) is 7.11. The maximum absolute atomic E-state index is 13.1. The molecule has 0 saturated carbocycles. The number of hydrogen-bond donors (Lipinski definition) is 0. The molecule has 6 rings (SSSR count). The first-order valence-corrected chi connectivity index (χ1v) is 13.7. The van der Waals surface area contributed by atoms with Crippen molar-refractivity contribution in [3.8, 4) is 0 Å². The lowest BCUT2D eigenvalue weighted by Gasteiger charge is -2.19. The molecule has 2 nitrogen and oxygen atoms in total. The molecule has 0 unspecified atom stereocenters. The van der Waals surface area contributed by atoms with Crippen LogP contribution in [0.25, 0.3) is 21.5 Å². The van der Waals surface area contributed by atoms with Crippen LogP contribution in [0.5, 0.6) is 0 Å². The molecule has 178 valence electrons. The minimum absolute atomic E-state index is 0.225. The molecular weight excluding hydrogens is 471 g/mol. The van der Waals surface area contributed by atoms with Gasteiger partial charge in [0.1, 0.15) is 6.61 Å². The Morgan fingerprint density at radius 1 is 0.541 bits per heavy atom. The molecule has 0 radical (unpaired) electrons. The molecular formula is C34H25O2P. The van der Waals surface area contributed by atoms with Crippen molar-refractivity contribution in [3.05, 3.63) is 151 Å². The highest BCUT2D eigenvalue weighted by molar-refractivity contribution is 7.79. The van der Waals surface area contributed by atoms with E-state index in [4.69, 9.17) is 4.74 Å². The van der Waals surface area contributed by atoms with Crippen LogP contribution in [0.2, 0.25) is 0 Å². The summed E-state index contributed by atoms with van der Waals surface area (Å²) in [5.41, 5.74) is 1.60. The number of rotatable bonds is 6. The van der Waals surface area contributed by atoms with E-state index in [2.05, 4.69) is 91.0 Å². The molecule has 37 heavy (non-hydrogen) atoms. The zero-order chi connectivity index (χ0) is 25.0. The Labute approximate surface area is 217 Å². The lowest BCUT2D eigenvalue weighted by molar-refractivity contribution is 0.0476. The van der Waals surface area contributed by atoms with Crippen molar-refractivity contribution >= 4 is 51.3 Å². The van der Waals surface area contributed by atoms with Crippen molar-refractivity contribution in [1.82, 2.24) is 0 Å². The SMILES string of the molecule is O=C(OCc1c2ccccc2cc2ccccc12)c1ccc(P(c2ccccc2)c2ccccc2)cc1. The first-order valence-electron chi connectivity index (χ1n) is 12.3. The van der Waals surface area contributed by atoms with Gasteiger partial charge in [0.2, 0.25) is 0 Å². The Kier molecular flexibility index (Phi) is 6.50. The molecule has 0 aliphatic carbocycles. The molecule has 0 heterocycles. The van der Waals surface area contributed by atoms with Gasteiger partial charge in [-0.1, -0.05) is 121 Å². The van der Waals surface area contributed by atoms with E-state index in [9.17, 15) is 4.79 Å². The van der Waals surface area contributed by atoms with Gasteiger partial charge in [-0.3, -0.25) is 0 Å².